The van der Waals surface area contributed by atoms with Crippen molar-refractivity contribution in [3.05, 3.63) is 71.6 Å². The van der Waals surface area contributed by atoms with Crippen LogP contribution in [0.4, 0.5) is 4.39 Å². The van der Waals surface area contributed by atoms with Gasteiger partial charge in [-0.25, -0.2) is 14.4 Å². The molecule has 3 aromatic rings. The van der Waals surface area contributed by atoms with Crippen molar-refractivity contribution in [1.29, 1.82) is 0 Å². The van der Waals surface area contributed by atoms with Crippen LogP contribution in [0.25, 0.3) is 11.1 Å². The molecule has 5 nitrogen and oxygen atoms in total. The lowest BCUT2D eigenvalue weighted by molar-refractivity contribution is 0.198. The molecule has 0 aliphatic carbocycles. The van der Waals surface area contributed by atoms with Gasteiger partial charge in [-0.15, -0.1) is 0 Å². The van der Waals surface area contributed by atoms with E-state index in [2.05, 4.69) is 9.88 Å². The van der Waals surface area contributed by atoms with Crippen LogP contribution in [0.2, 0.25) is 0 Å². The van der Waals surface area contributed by atoms with Crippen LogP contribution in [0.5, 0.6) is 11.5 Å². The summed E-state index contributed by atoms with van der Waals surface area (Å²) in [6.07, 6.45) is 3.97. The number of ether oxygens (including phenoxy) is 1. The fourth-order valence-electron chi connectivity index (χ4n) is 4.17. The van der Waals surface area contributed by atoms with Crippen molar-refractivity contribution in [3.8, 4) is 22.6 Å². The molecule has 1 saturated heterocycles. The van der Waals surface area contributed by atoms with Crippen LogP contribution >= 0.6 is 0 Å². The van der Waals surface area contributed by atoms with Crippen LogP contribution in [0.15, 0.2) is 48.7 Å². The summed E-state index contributed by atoms with van der Waals surface area (Å²) in [5.41, 5.74) is 3.97. The number of rotatable bonds is 5. The molecule has 0 amide bonds. The number of aryl methyl sites for hydroxylation is 1. The Kier molecular flexibility index (Phi) is 5.95. The molecule has 1 aromatic heterocycles. The number of piperidine rings is 1. The Balaban J connectivity index is 1.56. The van der Waals surface area contributed by atoms with Crippen molar-refractivity contribution in [2.45, 2.75) is 32.2 Å². The van der Waals surface area contributed by atoms with Crippen molar-refractivity contribution in [3.63, 3.8) is 0 Å². The molecule has 1 aliphatic rings. The predicted octanol–water partition coefficient (Wildman–Crippen LogP) is 4.68. The Hall–Kier alpha value is -2.99. The number of likely N-dealkylation sites (tertiary alicyclic amines) is 1. The van der Waals surface area contributed by atoms with Gasteiger partial charge in [-0.2, -0.15) is 0 Å². The zero-order chi connectivity index (χ0) is 21.1. The van der Waals surface area contributed by atoms with E-state index in [0.717, 1.165) is 60.7 Å². The van der Waals surface area contributed by atoms with Crippen LogP contribution in [-0.4, -0.2) is 40.2 Å². The van der Waals surface area contributed by atoms with Gasteiger partial charge in [0.2, 0.25) is 0 Å². The third-order valence-electron chi connectivity index (χ3n) is 5.64. The molecule has 0 radical (unpaired) electrons. The average Bonchev–Trinajstić information content (AvgIpc) is 2.75. The summed E-state index contributed by atoms with van der Waals surface area (Å²) in [4.78, 5) is 11.6. The predicted molar refractivity (Wildman–Crippen MR) is 114 cm³/mol. The largest absolute Gasteiger partial charge is 0.504 e. The molecule has 2 aromatic carbocycles. The minimum absolute atomic E-state index is 0.161. The van der Waals surface area contributed by atoms with Crippen LogP contribution in [0, 0.1) is 12.7 Å². The summed E-state index contributed by atoms with van der Waals surface area (Å²) in [5, 5.41) is 10.1. The van der Waals surface area contributed by atoms with Gasteiger partial charge in [-0.1, -0.05) is 18.2 Å². The van der Waals surface area contributed by atoms with Gasteiger partial charge in [-0.05, 0) is 61.7 Å². The average molecular weight is 407 g/mol. The second-order valence-electron chi connectivity index (χ2n) is 7.80. The van der Waals surface area contributed by atoms with E-state index in [1.54, 1.807) is 31.4 Å². The molecule has 4 rings (SSSR count). The third-order valence-corrected chi connectivity index (χ3v) is 5.64. The molecule has 2 heterocycles. The molecule has 6 heteroatoms. The molecule has 0 saturated carbocycles. The van der Waals surface area contributed by atoms with Crippen LogP contribution in [-0.2, 0) is 6.54 Å². The molecule has 1 unspecified atom stereocenters. The first kappa shape index (κ1) is 20.3. The first-order chi connectivity index (χ1) is 14.5. The van der Waals surface area contributed by atoms with Crippen LogP contribution in [0.1, 0.15) is 35.8 Å². The molecule has 1 N–H and O–H groups in total. The monoisotopic (exact) mass is 407 g/mol. The van der Waals surface area contributed by atoms with E-state index in [4.69, 9.17) is 9.72 Å². The summed E-state index contributed by atoms with van der Waals surface area (Å²) < 4.78 is 18.5. The topological polar surface area (TPSA) is 58.5 Å². The highest BCUT2D eigenvalue weighted by molar-refractivity contribution is 5.65. The van der Waals surface area contributed by atoms with Crippen molar-refractivity contribution < 1.29 is 14.2 Å². The highest BCUT2D eigenvalue weighted by atomic mass is 19.1. The third kappa shape index (κ3) is 4.44. The Labute approximate surface area is 176 Å². The van der Waals surface area contributed by atoms with Gasteiger partial charge in [0.05, 0.1) is 12.8 Å². The first-order valence-electron chi connectivity index (χ1n) is 10.2. The summed E-state index contributed by atoms with van der Waals surface area (Å²) >= 11 is 0. The quantitative estimate of drug-likeness (QED) is 0.665. The lowest BCUT2D eigenvalue weighted by Gasteiger charge is -2.33. The second kappa shape index (κ2) is 8.79. The fraction of sp³-hybridized carbons (Fsp3) is 0.333. The molecule has 0 spiro atoms. The van der Waals surface area contributed by atoms with E-state index in [-0.39, 0.29) is 17.5 Å². The van der Waals surface area contributed by atoms with Gasteiger partial charge in [0.15, 0.2) is 11.5 Å². The lowest BCUT2D eigenvalue weighted by atomic mass is 9.89. The van der Waals surface area contributed by atoms with E-state index >= 15 is 0 Å². The van der Waals surface area contributed by atoms with Crippen LogP contribution in [0.3, 0.4) is 0 Å². The van der Waals surface area contributed by atoms with Gasteiger partial charge in [0, 0.05) is 30.8 Å². The Morgan fingerprint density at radius 2 is 2.00 bits per heavy atom. The maximum atomic E-state index is 13.4. The van der Waals surface area contributed by atoms with Crippen molar-refractivity contribution >= 4 is 0 Å². The number of phenols is 1. The Morgan fingerprint density at radius 3 is 2.73 bits per heavy atom. The zero-order valence-electron chi connectivity index (χ0n) is 17.3. The van der Waals surface area contributed by atoms with Gasteiger partial charge >= 0.3 is 0 Å². The standard InChI is InChI=1S/C24H26FN3O2/c1-16-26-13-21(18-6-8-20(25)9-7-18)24(27-16)19-4-3-11-28(15-19)14-17-5-10-23(30-2)22(29)12-17/h5-10,12-13,19,29H,3-4,11,14-15H2,1-2H3. The molecular formula is C24H26FN3O2. The molecule has 0 bridgehead atoms. The number of aromatic hydroxyl groups is 1. The molecule has 1 fully saturated rings. The van der Waals surface area contributed by atoms with Gasteiger partial charge in [0.25, 0.3) is 0 Å². The zero-order valence-corrected chi connectivity index (χ0v) is 17.3. The normalized spacial score (nSPS) is 17.1. The minimum atomic E-state index is -0.250. The first-order valence-corrected chi connectivity index (χ1v) is 10.2. The van der Waals surface area contributed by atoms with Crippen LogP contribution < -0.4 is 4.74 Å². The number of hydrogen-bond donors (Lipinski definition) is 1. The fourth-order valence-corrected chi connectivity index (χ4v) is 4.17. The number of benzene rings is 2. The molecule has 1 aliphatic heterocycles. The Morgan fingerprint density at radius 1 is 1.20 bits per heavy atom. The Bertz CT molecular complexity index is 1020. The maximum absolute atomic E-state index is 13.4. The summed E-state index contributed by atoms with van der Waals surface area (Å²) in [5.74, 6) is 1.41. The number of phenolic OH excluding ortho intramolecular Hbond substituents is 1. The molecule has 156 valence electrons. The van der Waals surface area contributed by atoms with E-state index in [9.17, 15) is 9.50 Å². The summed E-state index contributed by atoms with van der Waals surface area (Å²) in [7, 11) is 1.55. The minimum Gasteiger partial charge on any atom is -0.504 e. The molecule has 30 heavy (non-hydrogen) atoms. The van der Waals surface area contributed by atoms with Crippen molar-refractivity contribution in [2.75, 3.05) is 20.2 Å². The highest BCUT2D eigenvalue weighted by Crippen LogP contribution is 2.34. The second-order valence-corrected chi connectivity index (χ2v) is 7.80. The summed E-state index contributed by atoms with van der Waals surface area (Å²) in [6, 6.07) is 12.1. The number of methoxy groups -OCH3 is 1. The van der Waals surface area contributed by atoms with Crippen molar-refractivity contribution in [1.82, 2.24) is 14.9 Å². The number of halogens is 1. The molecule has 1 atom stereocenters. The molecular weight excluding hydrogens is 381 g/mol. The lowest BCUT2D eigenvalue weighted by Crippen LogP contribution is -2.34. The maximum Gasteiger partial charge on any atom is 0.160 e. The van der Waals surface area contributed by atoms with E-state index < -0.39 is 0 Å². The van der Waals surface area contributed by atoms with Crippen molar-refractivity contribution in [2.24, 2.45) is 0 Å². The van der Waals surface area contributed by atoms with Gasteiger partial charge in [-0.3, -0.25) is 4.90 Å². The van der Waals surface area contributed by atoms with E-state index in [1.807, 2.05) is 19.2 Å². The van der Waals surface area contributed by atoms with E-state index in [0.29, 0.717) is 5.75 Å². The SMILES string of the molecule is COc1ccc(CN2CCCC(c3nc(C)ncc3-c3ccc(F)cc3)C2)cc1O. The highest BCUT2D eigenvalue weighted by Gasteiger charge is 2.25. The number of aromatic nitrogens is 2. The number of nitrogens with zero attached hydrogens (tertiary/aromatic N) is 3. The summed E-state index contributed by atoms with van der Waals surface area (Å²) in [6.45, 7) is 4.53. The van der Waals surface area contributed by atoms with Gasteiger partial charge < -0.3 is 9.84 Å². The van der Waals surface area contributed by atoms with E-state index in [1.165, 1.54) is 12.1 Å². The van der Waals surface area contributed by atoms with Gasteiger partial charge in [0.1, 0.15) is 11.6 Å². The number of hydrogen-bond acceptors (Lipinski definition) is 5. The smallest absolute Gasteiger partial charge is 0.160 e.